The van der Waals surface area contributed by atoms with E-state index in [4.69, 9.17) is 0 Å². The molecule has 80 valence electrons. The predicted molar refractivity (Wildman–Crippen MR) is 44.5 cm³/mol. The molecule has 15 heavy (non-hydrogen) atoms. The van der Waals surface area contributed by atoms with Gasteiger partial charge in [-0.1, -0.05) is 0 Å². The van der Waals surface area contributed by atoms with Gasteiger partial charge in [0, 0.05) is 11.6 Å². The first kappa shape index (κ1) is 11.2. The first-order chi connectivity index (χ1) is 6.93. The van der Waals surface area contributed by atoms with E-state index in [1.54, 1.807) is 0 Å². The van der Waals surface area contributed by atoms with Crippen LogP contribution in [-0.2, 0) is 4.79 Å². The second-order valence-electron chi connectivity index (χ2n) is 2.63. The van der Waals surface area contributed by atoms with Crippen LogP contribution in [0, 0.1) is 23.3 Å². The molecule has 0 aliphatic carbocycles. The monoisotopic (exact) mass is 219 g/mol. The molecular formula is C9H5F4NO. The van der Waals surface area contributed by atoms with Gasteiger partial charge in [0.1, 0.15) is 0 Å². The highest BCUT2D eigenvalue weighted by molar-refractivity contribution is 5.90. The van der Waals surface area contributed by atoms with Gasteiger partial charge in [-0.3, -0.25) is 4.79 Å². The Labute approximate surface area is 82.0 Å². The van der Waals surface area contributed by atoms with Crippen molar-refractivity contribution in [3.63, 3.8) is 0 Å². The van der Waals surface area contributed by atoms with E-state index in [-0.39, 0.29) is 0 Å². The Balaban J connectivity index is 3.26. The van der Waals surface area contributed by atoms with Crippen LogP contribution in [0.1, 0.15) is 5.56 Å². The van der Waals surface area contributed by atoms with Crippen LogP contribution in [-0.4, -0.2) is 5.91 Å². The van der Waals surface area contributed by atoms with Crippen molar-refractivity contribution in [2.24, 2.45) is 5.73 Å². The Morgan fingerprint density at radius 1 is 1.13 bits per heavy atom. The fraction of sp³-hybridized carbons (Fsp3) is 0. The third-order valence-electron chi connectivity index (χ3n) is 1.56. The second kappa shape index (κ2) is 4.12. The summed E-state index contributed by atoms with van der Waals surface area (Å²) in [5, 5.41) is 0. The average Bonchev–Trinajstić information content (AvgIpc) is 2.18. The van der Waals surface area contributed by atoms with Crippen LogP contribution in [0.3, 0.4) is 0 Å². The minimum absolute atomic E-state index is 0.424. The minimum atomic E-state index is -1.93. The van der Waals surface area contributed by atoms with Crippen LogP contribution in [0.4, 0.5) is 17.6 Å². The Hall–Kier alpha value is -1.85. The quantitative estimate of drug-likeness (QED) is 0.350. The maximum atomic E-state index is 12.9. The van der Waals surface area contributed by atoms with Gasteiger partial charge in [0.15, 0.2) is 23.3 Å². The topological polar surface area (TPSA) is 43.1 Å². The minimum Gasteiger partial charge on any atom is -0.366 e. The van der Waals surface area contributed by atoms with Crippen LogP contribution in [0.15, 0.2) is 12.1 Å². The van der Waals surface area contributed by atoms with Gasteiger partial charge in [0.05, 0.1) is 0 Å². The fourth-order valence-electron chi connectivity index (χ4n) is 0.884. The fourth-order valence-corrected chi connectivity index (χ4v) is 0.884. The van der Waals surface area contributed by atoms with E-state index in [0.717, 1.165) is 6.08 Å². The van der Waals surface area contributed by atoms with Crippen molar-refractivity contribution in [3.8, 4) is 0 Å². The second-order valence-corrected chi connectivity index (χ2v) is 2.63. The maximum Gasteiger partial charge on any atom is 0.241 e. The van der Waals surface area contributed by atoms with Crippen molar-refractivity contribution in [1.82, 2.24) is 0 Å². The molecule has 2 N–H and O–H groups in total. The summed E-state index contributed by atoms with van der Waals surface area (Å²) in [7, 11) is 0. The smallest absolute Gasteiger partial charge is 0.241 e. The van der Waals surface area contributed by atoms with Crippen molar-refractivity contribution in [1.29, 1.82) is 0 Å². The van der Waals surface area contributed by atoms with Crippen molar-refractivity contribution >= 4 is 12.0 Å². The number of nitrogens with two attached hydrogens (primary N) is 1. The zero-order chi connectivity index (χ0) is 11.6. The number of benzene rings is 1. The Morgan fingerprint density at radius 2 is 1.73 bits per heavy atom. The lowest BCUT2D eigenvalue weighted by atomic mass is 10.1. The molecule has 1 rings (SSSR count). The number of hydrogen-bond acceptors (Lipinski definition) is 1. The van der Waals surface area contributed by atoms with E-state index in [0.29, 0.717) is 12.1 Å². The standard InChI is InChI=1S/C9H5F4NO/c10-5-3-4(1-2-6(14)15)7(11)9(13)8(5)12/h1-3H,(H2,14,15)/b2-1-. The first-order valence-corrected chi connectivity index (χ1v) is 3.74. The predicted octanol–water partition coefficient (Wildman–Crippen LogP) is 1.74. The maximum absolute atomic E-state index is 12.9. The summed E-state index contributed by atoms with van der Waals surface area (Å²) in [4.78, 5) is 10.3. The largest absolute Gasteiger partial charge is 0.366 e. The lowest BCUT2D eigenvalue weighted by molar-refractivity contribution is -0.113. The normalized spacial score (nSPS) is 10.9. The third-order valence-corrected chi connectivity index (χ3v) is 1.56. The van der Waals surface area contributed by atoms with E-state index < -0.39 is 34.7 Å². The number of amides is 1. The van der Waals surface area contributed by atoms with E-state index in [1.807, 2.05) is 0 Å². The van der Waals surface area contributed by atoms with E-state index in [1.165, 1.54) is 0 Å². The summed E-state index contributed by atoms with van der Waals surface area (Å²) in [5.74, 6) is -7.87. The highest BCUT2D eigenvalue weighted by Gasteiger charge is 2.17. The van der Waals surface area contributed by atoms with Gasteiger partial charge in [-0.05, 0) is 12.1 Å². The van der Waals surface area contributed by atoms with Gasteiger partial charge < -0.3 is 5.73 Å². The van der Waals surface area contributed by atoms with E-state index in [9.17, 15) is 22.4 Å². The molecule has 0 spiro atoms. The molecule has 0 radical (unpaired) electrons. The van der Waals surface area contributed by atoms with Crippen molar-refractivity contribution in [3.05, 3.63) is 41.0 Å². The van der Waals surface area contributed by atoms with Gasteiger partial charge >= 0.3 is 0 Å². The molecule has 2 nitrogen and oxygen atoms in total. The number of carbonyl (C=O) groups is 1. The van der Waals surface area contributed by atoms with Crippen LogP contribution in [0.25, 0.3) is 6.08 Å². The summed E-state index contributed by atoms with van der Waals surface area (Å²) in [5.41, 5.74) is 4.09. The highest BCUT2D eigenvalue weighted by Crippen LogP contribution is 2.19. The van der Waals surface area contributed by atoms with Crippen LogP contribution in [0.5, 0.6) is 0 Å². The van der Waals surface area contributed by atoms with Crippen LogP contribution >= 0.6 is 0 Å². The lowest BCUT2D eigenvalue weighted by Crippen LogP contribution is -2.05. The molecule has 1 aromatic carbocycles. The third kappa shape index (κ3) is 2.34. The molecule has 0 fully saturated rings. The molecular weight excluding hydrogens is 214 g/mol. The molecule has 0 saturated heterocycles. The molecule has 0 saturated carbocycles. The van der Waals surface area contributed by atoms with Gasteiger partial charge in [-0.2, -0.15) is 0 Å². The van der Waals surface area contributed by atoms with Gasteiger partial charge in [-0.15, -0.1) is 0 Å². The summed E-state index contributed by atoms with van der Waals surface area (Å²) < 4.78 is 50.6. The zero-order valence-electron chi connectivity index (χ0n) is 7.23. The van der Waals surface area contributed by atoms with Gasteiger partial charge in [0.2, 0.25) is 5.91 Å². The Morgan fingerprint density at radius 3 is 2.27 bits per heavy atom. The lowest BCUT2D eigenvalue weighted by Gasteiger charge is -2.00. The average molecular weight is 219 g/mol. The molecule has 0 atom stereocenters. The van der Waals surface area contributed by atoms with Crippen molar-refractivity contribution in [2.45, 2.75) is 0 Å². The van der Waals surface area contributed by atoms with E-state index in [2.05, 4.69) is 5.73 Å². The van der Waals surface area contributed by atoms with Crippen LogP contribution in [0.2, 0.25) is 0 Å². The number of carbonyl (C=O) groups excluding carboxylic acids is 1. The first-order valence-electron chi connectivity index (χ1n) is 3.74. The number of halogens is 4. The summed E-state index contributed by atoms with van der Waals surface area (Å²) in [6.07, 6.45) is 1.46. The zero-order valence-corrected chi connectivity index (χ0v) is 7.23. The number of rotatable bonds is 2. The van der Waals surface area contributed by atoms with Crippen molar-refractivity contribution < 1.29 is 22.4 Å². The SMILES string of the molecule is NC(=O)/C=C\c1cc(F)c(F)c(F)c1F. The summed E-state index contributed by atoms with van der Waals surface area (Å²) in [6.45, 7) is 0. The molecule has 1 aromatic rings. The van der Waals surface area contributed by atoms with Crippen LogP contribution < -0.4 is 5.73 Å². The van der Waals surface area contributed by atoms with Gasteiger partial charge in [-0.25, -0.2) is 17.6 Å². The molecule has 0 aromatic heterocycles. The summed E-state index contributed by atoms with van der Waals surface area (Å²) in [6, 6.07) is 0.424. The molecule has 0 aliphatic heterocycles. The molecule has 0 aliphatic rings. The Bertz CT molecular complexity index is 442. The molecule has 0 unspecified atom stereocenters. The highest BCUT2D eigenvalue weighted by atomic mass is 19.2. The van der Waals surface area contributed by atoms with Gasteiger partial charge in [0.25, 0.3) is 0 Å². The number of primary amides is 1. The van der Waals surface area contributed by atoms with Crippen molar-refractivity contribution in [2.75, 3.05) is 0 Å². The molecule has 6 heteroatoms. The molecule has 0 heterocycles. The summed E-state index contributed by atoms with van der Waals surface area (Å²) >= 11 is 0. The van der Waals surface area contributed by atoms with E-state index >= 15 is 0 Å². The molecule has 1 amide bonds. The number of hydrogen-bond donors (Lipinski definition) is 1. The molecule has 0 bridgehead atoms. The Kier molecular flexibility index (Phi) is 3.08.